The molecule has 5 rings (SSSR count). The van der Waals surface area contributed by atoms with E-state index in [1.54, 1.807) is 12.1 Å². The fourth-order valence-corrected chi connectivity index (χ4v) is 4.53. The maximum atomic E-state index is 12.7. The van der Waals surface area contributed by atoms with E-state index in [0.717, 1.165) is 35.4 Å². The van der Waals surface area contributed by atoms with Gasteiger partial charge in [-0.2, -0.15) is 5.10 Å². The molecule has 1 fully saturated rings. The van der Waals surface area contributed by atoms with Crippen molar-refractivity contribution in [2.24, 2.45) is 5.41 Å². The lowest BCUT2D eigenvalue weighted by Gasteiger charge is -2.38. The van der Waals surface area contributed by atoms with Gasteiger partial charge in [-0.15, -0.1) is 0 Å². The van der Waals surface area contributed by atoms with E-state index in [1.807, 2.05) is 21.4 Å². The zero-order chi connectivity index (χ0) is 22.1. The molecule has 3 aromatic rings. The molecule has 0 saturated heterocycles. The molecule has 1 aliphatic heterocycles. The fraction of sp³-hybridized carbons (Fsp3) is 0.375. The molecule has 7 heteroatoms. The second-order valence-electron chi connectivity index (χ2n) is 9.64. The van der Waals surface area contributed by atoms with Crippen LogP contribution in [-0.4, -0.2) is 30.5 Å². The second kappa shape index (κ2) is 6.57. The average molecular weight is 419 g/mol. The number of pyridine rings is 1. The summed E-state index contributed by atoms with van der Waals surface area (Å²) >= 11 is 0. The Morgan fingerprint density at radius 3 is 2.42 bits per heavy atom. The molecule has 3 heterocycles. The number of nitrogens with zero attached hydrogens (tertiary/aromatic N) is 3. The van der Waals surface area contributed by atoms with Crippen molar-refractivity contribution in [2.75, 3.05) is 0 Å². The van der Waals surface area contributed by atoms with Crippen LogP contribution >= 0.6 is 0 Å². The highest BCUT2D eigenvalue weighted by Gasteiger charge is 2.39. The molecule has 7 nitrogen and oxygen atoms in total. The van der Waals surface area contributed by atoms with Crippen LogP contribution in [0.25, 0.3) is 22.5 Å². The highest BCUT2D eigenvalue weighted by molar-refractivity contribution is 5.89. The number of benzene rings is 1. The largest absolute Gasteiger partial charge is 0.508 e. The molecule has 1 atom stereocenters. The van der Waals surface area contributed by atoms with Crippen LogP contribution in [0, 0.1) is 5.41 Å². The van der Waals surface area contributed by atoms with Gasteiger partial charge in [-0.05, 0) is 36.0 Å². The summed E-state index contributed by atoms with van der Waals surface area (Å²) in [6.07, 6.45) is 3.65. The van der Waals surface area contributed by atoms with Gasteiger partial charge >= 0.3 is 5.97 Å². The Kier molecular flexibility index (Phi) is 4.16. The van der Waals surface area contributed by atoms with Gasteiger partial charge in [-0.25, -0.2) is 4.79 Å². The number of hydrogen-bond donors (Lipinski definition) is 2. The predicted molar refractivity (Wildman–Crippen MR) is 116 cm³/mol. The molecular formula is C24H25N3O4. The number of rotatable bonds is 3. The minimum atomic E-state index is -1.22. The SMILES string of the molecule is CC(C)(C)[C@@H]1Cn2nc(C3CC3)c(-c3ccc(O)cc3)c2-c2cc(=O)c(C(=O)O)cn21. The average Bonchev–Trinajstić information content (AvgIpc) is 3.47. The third-order valence-electron chi connectivity index (χ3n) is 6.33. The van der Waals surface area contributed by atoms with Gasteiger partial charge in [0.05, 0.1) is 29.7 Å². The van der Waals surface area contributed by atoms with Gasteiger partial charge in [0.2, 0.25) is 0 Å². The molecule has 31 heavy (non-hydrogen) atoms. The van der Waals surface area contributed by atoms with Crippen molar-refractivity contribution in [2.45, 2.75) is 52.1 Å². The zero-order valence-electron chi connectivity index (χ0n) is 17.8. The number of carbonyl (C=O) groups is 1. The van der Waals surface area contributed by atoms with Crippen LogP contribution < -0.4 is 5.43 Å². The standard InChI is InChI=1S/C24H25N3O4/c1-24(2,3)19-12-27-22(17-10-18(29)16(23(30)31)11-26(17)19)20(21(25-27)14-4-5-14)13-6-8-15(28)9-7-13/h6-11,14,19,28H,4-5,12H2,1-3H3,(H,30,31)/t19-/m0/s1. The van der Waals surface area contributed by atoms with E-state index in [2.05, 4.69) is 20.8 Å². The smallest absolute Gasteiger partial charge is 0.341 e. The Bertz CT molecular complexity index is 1260. The monoisotopic (exact) mass is 419 g/mol. The van der Waals surface area contributed by atoms with Gasteiger partial charge in [0, 0.05) is 23.7 Å². The Hall–Kier alpha value is -3.35. The maximum Gasteiger partial charge on any atom is 0.341 e. The Morgan fingerprint density at radius 1 is 1.16 bits per heavy atom. The van der Waals surface area contributed by atoms with Crippen molar-refractivity contribution in [3.8, 4) is 28.3 Å². The van der Waals surface area contributed by atoms with Crippen LogP contribution in [0.15, 0.2) is 41.3 Å². The summed E-state index contributed by atoms with van der Waals surface area (Å²) in [5.41, 5.74) is 3.51. The number of carboxylic acids is 1. The van der Waals surface area contributed by atoms with E-state index in [4.69, 9.17) is 5.10 Å². The van der Waals surface area contributed by atoms with Gasteiger partial charge in [0.15, 0.2) is 5.43 Å². The number of phenols is 1. The Morgan fingerprint density at radius 2 is 1.84 bits per heavy atom. The Labute approximate surface area is 179 Å². The van der Waals surface area contributed by atoms with E-state index in [9.17, 15) is 19.8 Å². The van der Waals surface area contributed by atoms with E-state index >= 15 is 0 Å². The van der Waals surface area contributed by atoms with Crippen LogP contribution in [0.3, 0.4) is 0 Å². The van der Waals surface area contributed by atoms with Crippen molar-refractivity contribution >= 4 is 5.97 Å². The van der Waals surface area contributed by atoms with Crippen LogP contribution in [0.5, 0.6) is 5.75 Å². The van der Waals surface area contributed by atoms with E-state index in [-0.39, 0.29) is 22.8 Å². The number of aromatic hydroxyl groups is 1. The zero-order valence-corrected chi connectivity index (χ0v) is 17.8. The first kappa shape index (κ1) is 19.6. The molecule has 0 spiro atoms. The van der Waals surface area contributed by atoms with Crippen LogP contribution in [0.1, 0.15) is 61.6 Å². The molecule has 2 N–H and O–H groups in total. The Balaban J connectivity index is 1.83. The molecule has 0 bridgehead atoms. The van der Waals surface area contributed by atoms with Crippen molar-refractivity contribution in [1.82, 2.24) is 14.3 Å². The molecule has 1 aromatic carbocycles. The number of aromatic nitrogens is 3. The first-order valence-corrected chi connectivity index (χ1v) is 10.5. The van der Waals surface area contributed by atoms with Gasteiger partial charge in [-0.1, -0.05) is 32.9 Å². The number of hydrogen-bond acceptors (Lipinski definition) is 4. The van der Waals surface area contributed by atoms with Crippen LogP contribution in [0.2, 0.25) is 0 Å². The number of carboxylic acid groups (broad SMARTS) is 1. The lowest BCUT2D eigenvalue weighted by atomic mass is 9.84. The maximum absolute atomic E-state index is 12.7. The second-order valence-corrected chi connectivity index (χ2v) is 9.64. The molecule has 0 radical (unpaired) electrons. The summed E-state index contributed by atoms with van der Waals surface area (Å²) in [4.78, 5) is 24.4. The minimum Gasteiger partial charge on any atom is -0.508 e. The van der Waals surface area contributed by atoms with E-state index in [0.29, 0.717) is 18.2 Å². The lowest BCUT2D eigenvalue weighted by Crippen LogP contribution is -2.35. The minimum absolute atomic E-state index is 0.0617. The predicted octanol–water partition coefficient (Wildman–Crippen LogP) is 4.26. The van der Waals surface area contributed by atoms with Crippen LogP contribution in [0.4, 0.5) is 0 Å². The summed E-state index contributed by atoms with van der Waals surface area (Å²) in [7, 11) is 0. The molecule has 0 unspecified atom stereocenters. The molecular weight excluding hydrogens is 394 g/mol. The van der Waals surface area contributed by atoms with Crippen molar-refractivity contribution in [1.29, 1.82) is 0 Å². The summed E-state index contributed by atoms with van der Waals surface area (Å²) < 4.78 is 3.93. The van der Waals surface area contributed by atoms with Crippen molar-refractivity contribution in [3.63, 3.8) is 0 Å². The normalized spacial score (nSPS) is 17.8. The molecule has 2 aromatic heterocycles. The molecule has 1 saturated carbocycles. The summed E-state index contributed by atoms with van der Waals surface area (Å²) in [6.45, 7) is 6.91. The van der Waals surface area contributed by atoms with Crippen molar-refractivity contribution in [3.05, 3.63) is 58.0 Å². The highest BCUT2D eigenvalue weighted by Crippen LogP contribution is 2.50. The quantitative estimate of drug-likeness (QED) is 0.661. The first-order valence-electron chi connectivity index (χ1n) is 10.5. The van der Waals surface area contributed by atoms with E-state index < -0.39 is 11.4 Å². The molecule has 160 valence electrons. The van der Waals surface area contributed by atoms with Gasteiger partial charge < -0.3 is 14.8 Å². The summed E-state index contributed by atoms with van der Waals surface area (Å²) in [5, 5.41) is 24.3. The number of phenolic OH excluding ortho intramolecular Hbond substituents is 1. The topological polar surface area (TPSA) is 97.3 Å². The number of aromatic carboxylic acids is 1. The van der Waals surface area contributed by atoms with Crippen LogP contribution in [-0.2, 0) is 6.54 Å². The summed E-state index contributed by atoms with van der Waals surface area (Å²) in [6, 6.07) is 8.41. The molecule has 2 aliphatic rings. The summed E-state index contributed by atoms with van der Waals surface area (Å²) in [5.74, 6) is -0.647. The lowest BCUT2D eigenvalue weighted by molar-refractivity contribution is 0.0693. The third-order valence-corrected chi connectivity index (χ3v) is 6.33. The van der Waals surface area contributed by atoms with Crippen molar-refractivity contribution < 1.29 is 15.0 Å². The molecule has 0 amide bonds. The molecule has 1 aliphatic carbocycles. The third kappa shape index (κ3) is 3.15. The van der Waals surface area contributed by atoms with Gasteiger partial charge in [-0.3, -0.25) is 9.48 Å². The van der Waals surface area contributed by atoms with Gasteiger partial charge in [0.1, 0.15) is 11.3 Å². The first-order chi connectivity index (χ1) is 14.6. The van der Waals surface area contributed by atoms with E-state index in [1.165, 1.54) is 12.3 Å². The fourth-order valence-electron chi connectivity index (χ4n) is 4.53. The number of fused-ring (bicyclic) bond motifs is 3. The van der Waals surface area contributed by atoms with Gasteiger partial charge in [0.25, 0.3) is 0 Å². The highest BCUT2D eigenvalue weighted by atomic mass is 16.4.